The van der Waals surface area contributed by atoms with Crippen molar-refractivity contribution in [1.82, 2.24) is 43.6 Å². The van der Waals surface area contributed by atoms with Crippen LogP contribution in [0.1, 0.15) is 79.0 Å². The maximum absolute atomic E-state index is 4.60. The molecule has 0 amide bonds. The SMILES string of the molecule is CC(C)Cn1c2c[c-]c(-c3ccccn3)cc2c2ccccc21.CC(C)Cn1c2ccccc2c2c[c-]c(-c3ccccn3)cc21.CC(C)Cn1c2ccccc2c2cc[c-]c(-c3ccccn3)c21.CCc1cc(-c2[c-]cccc2)ncc1-c1ccccc1.CCc1cc(-c2[c-]cccc2)ncc1-c1ccccc1.CCc1cc(-c2[c-]cccc2)ncc1-c1ccccc1.[Ir].[Ir].[Ir]. The third-order valence-corrected chi connectivity index (χ3v) is 22.9. The standard InChI is InChI=1S/3C21H19N2.3C19H16N.3Ir/c1-15(2)14-23-20-12-4-3-8-16(20)17-9-7-10-18(21(17)23)19-11-5-6-13-22-19;1-15(2)14-23-20-9-4-3-7-17(20)18-13-16(10-11-21(18)23)19-8-5-6-12-22-19;1-15(2)14-23-20-9-4-3-7-17(20)18-11-10-16(13-21(18)23)19-8-5-6-12-22-19;3*1-2-15-13-19(17-11-7-4-8-12-17)20-14-18(15)16-9-5-3-6-10-16;;;/h3*3-9,11-13,15H,14H2,1-2H3;3*3-11,13-14H,2H2,1H3;;;/q6*-1;;;. The van der Waals surface area contributed by atoms with E-state index < -0.39 is 0 Å². The molecule has 0 saturated heterocycles. The van der Waals surface area contributed by atoms with Gasteiger partial charge in [0.05, 0.1) is 0 Å². The summed E-state index contributed by atoms with van der Waals surface area (Å²) < 4.78 is 7.26. The van der Waals surface area contributed by atoms with E-state index in [1.54, 1.807) is 0 Å². The van der Waals surface area contributed by atoms with Crippen LogP contribution < -0.4 is 0 Å². The van der Waals surface area contributed by atoms with Gasteiger partial charge in [-0.15, -0.1) is 179 Å². The Morgan fingerprint density at radius 2 is 0.598 bits per heavy atom. The van der Waals surface area contributed by atoms with Gasteiger partial charge in [-0.05, 0) is 174 Å². The molecule has 663 valence electrons. The predicted octanol–water partition coefficient (Wildman–Crippen LogP) is 30.3. The first kappa shape index (κ1) is 96.4. The summed E-state index contributed by atoms with van der Waals surface area (Å²) in [5.74, 6) is 1.77. The van der Waals surface area contributed by atoms with Crippen LogP contribution >= 0.6 is 0 Å². The molecular formula is C120H105Ir3N9-6. The van der Waals surface area contributed by atoms with E-state index in [9.17, 15) is 0 Å². The number of fused-ring (bicyclic) bond motifs is 9. The van der Waals surface area contributed by atoms with Gasteiger partial charge in [0.15, 0.2) is 0 Å². The maximum Gasteiger partial charge on any atom is 0.0391 e. The molecule has 3 radical (unpaired) electrons. The Bertz CT molecular complexity index is 6900. The van der Waals surface area contributed by atoms with Crippen molar-refractivity contribution >= 4 is 65.4 Å². The Labute approximate surface area is 818 Å². The number of rotatable bonds is 18. The van der Waals surface area contributed by atoms with Crippen molar-refractivity contribution in [2.75, 3.05) is 0 Å². The first-order valence-electron chi connectivity index (χ1n) is 44.9. The van der Waals surface area contributed by atoms with Gasteiger partial charge in [-0.1, -0.05) is 279 Å². The van der Waals surface area contributed by atoms with Crippen molar-refractivity contribution in [3.05, 3.63) is 436 Å². The number of hydrogen-bond acceptors (Lipinski definition) is 6. The second kappa shape index (κ2) is 47.1. The van der Waals surface area contributed by atoms with Crippen LogP contribution in [0.4, 0.5) is 0 Å². The molecule has 0 atom stereocenters. The molecule has 0 aliphatic carbocycles. The zero-order valence-electron chi connectivity index (χ0n) is 75.9. The van der Waals surface area contributed by atoms with Gasteiger partial charge < -0.3 is 43.6 Å². The van der Waals surface area contributed by atoms with Crippen molar-refractivity contribution in [2.45, 2.75) is 101 Å². The van der Waals surface area contributed by atoms with Gasteiger partial charge in [0, 0.05) is 150 Å². The summed E-state index contributed by atoms with van der Waals surface area (Å²) in [4.78, 5) is 27.3. The van der Waals surface area contributed by atoms with Crippen molar-refractivity contribution in [3.8, 4) is 101 Å². The van der Waals surface area contributed by atoms with Crippen LogP contribution in [0.3, 0.4) is 0 Å². The molecule has 21 aromatic rings. The Balaban J connectivity index is 0.000000134. The van der Waals surface area contributed by atoms with Crippen LogP contribution in [0, 0.1) is 54.2 Å². The van der Waals surface area contributed by atoms with Crippen LogP contribution in [0.2, 0.25) is 0 Å². The normalized spacial score (nSPS) is 10.8. The topological polar surface area (TPSA) is 92.1 Å². The molecule has 21 rings (SSSR count). The molecule has 9 heterocycles. The van der Waals surface area contributed by atoms with E-state index in [-0.39, 0.29) is 60.3 Å². The largest absolute Gasteiger partial charge is 0.380 e. The fourth-order valence-electron chi connectivity index (χ4n) is 16.8. The fourth-order valence-corrected chi connectivity index (χ4v) is 16.8. The summed E-state index contributed by atoms with van der Waals surface area (Å²) in [6.07, 6.45) is 14.4. The monoisotopic (exact) mass is 2250 g/mol. The third-order valence-electron chi connectivity index (χ3n) is 22.9. The molecule has 12 heteroatoms. The van der Waals surface area contributed by atoms with Crippen molar-refractivity contribution in [1.29, 1.82) is 0 Å². The minimum Gasteiger partial charge on any atom is -0.380 e. The molecule has 12 aromatic carbocycles. The molecule has 132 heavy (non-hydrogen) atoms. The Morgan fingerprint density at radius 1 is 0.250 bits per heavy atom. The summed E-state index contributed by atoms with van der Waals surface area (Å²) in [5, 5.41) is 7.72. The van der Waals surface area contributed by atoms with E-state index in [1.807, 2.05) is 183 Å². The molecule has 0 spiro atoms. The fraction of sp³-hybridized carbons (Fsp3) is 0.150. The van der Waals surface area contributed by atoms with E-state index >= 15 is 0 Å². The van der Waals surface area contributed by atoms with Crippen molar-refractivity contribution < 1.29 is 60.3 Å². The summed E-state index contributed by atoms with van der Waals surface area (Å²) in [5.41, 5.74) is 31.1. The Morgan fingerprint density at radius 3 is 0.992 bits per heavy atom. The predicted molar refractivity (Wildman–Crippen MR) is 539 cm³/mol. The molecule has 0 aliphatic rings. The number of benzene rings is 12. The van der Waals surface area contributed by atoms with Crippen LogP contribution in [-0.4, -0.2) is 43.6 Å². The van der Waals surface area contributed by atoms with Gasteiger partial charge in [0.1, 0.15) is 0 Å². The molecule has 9 nitrogen and oxygen atoms in total. The molecule has 0 saturated carbocycles. The van der Waals surface area contributed by atoms with Gasteiger partial charge in [-0.2, -0.15) is 0 Å². The van der Waals surface area contributed by atoms with Crippen LogP contribution in [0.5, 0.6) is 0 Å². The van der Waals surface area contributed by atoms with Gasteiger partial charge in [0.2, 0.25) is 0 Å². The molecule has 0 fully saturated rings. The number of pyridine rings is 6. The quantitative estimate of drug-likeness (QED) is 0.0795. The van der Waals surface area contributed by atoms with E-state index in [0.717, 1.165) is 106 Å². The molecule has 0 bridgehead atoms. The van der Waals surface area contributed by atoms with Crippen molar-refractivity contribution in [2.24, 2.45) is 17.8 Å². The van der Waals surface area contributed by atoms with Crippen molar-refractivity contribution in [3.63, 3.8) is 0 Å². The number of para-hydroxylation sites is 3. The first-order valence-corrected chi connectivity index (χ1v) is 44.9. The number of aryl methyl sites for hydroxylation is 3. The van der Waals surface area contributed by atoms with Gasteiger partial charge in [-0.3, -0.25) is 0 Å². The Kier molecular flexibility index (Phi) is 34.4. The average molecular weight is 2250 g/mol. The van der Waals surface area contributed by atoms with Crippen LogP contribution in [0.25, 0.3) is 166 Å². The molecular weight excluding hydrogens is 2140 g/mol. The van der Waals surface area contributed by atoms with Gasteiger partial charge in [0.25, 0.3) is 0 Å². The van der Waals surface area contributed by atoms with E-state index in [2.05, 4.69) is 343 Å². The second-order valence-corrected chi connectivity index (χ2v) is 33.3. The molecule has 0 N–H and O–H groups in total. The molecule has 0 unspecified atom stereocenters. The van der Waals surface area contributed by atoms with E-state index in [4.69, 9.17) is 0 Å². The minimum absolute atomic E-state index is 0. The number of hydrogen-bond donors (Lipinski definition) is 0. The third kappa shape index (κ3) is 23.1. The average Bonchev–Trinajstić information content (AvgIpc) is 1.60. The zero-order chi connectivity index (χ0) is 88.8. The number of nitrogens with zero attached hydrogens (tertiary/aromatic N) is 9. The summed E-state index contributed by atoms with van der Waals surface area (Å²) in [6.45, 7) is 23.1. The summed E-state index contributed by atoms with van der Waals surface area (Å²) in [7, 11) is 0. The number of aromatic nitrogens is 9. The maximum atomic E-state index is 4.60. The Hall–Kier alpha value is -13.1. The zero-order valence-corrected chi connectivity index (χ0v) is 83.1. The van der Waals surface area contributed by atoms with Gasteiger partial charge >= 0.3 is 0 Å². The first-order chi connectivity index (χ1) is 63.4. The van der Waals surface area contributed by atoms with E-state index in [1.165, 1.54) is 115 Å². The molecule has 0 aliphatic heterocycles. The summed E-state index contributed by atoms with van der Waals surface area (Å²) >= 11 is 0. The van der Waals surface area contributed by atoms with Crippen LogP contribution in [0.15, 0.2) is 383 Å². The summed E-state index contributed by atoms with van der Waals surface area (Å²) in [6, 6.07) is 138. The van der Waals surface area contributed by atoms with Crippen LogP contribution in [-0.2, 0) is 99.2 Å². The smallest absolute Gasteiger partial charge is 0.0391 e. The van der Waals surface area contributed by atoms with Gasteiger partial charge in [-0.25, -0.2) is 0 Å². The minimum atomic E-state index is 0. The molecule has 9 aromatic heterocycles. The second-order valence-electron chi connectivity index (χ2n) is 33.3. The van der Waals surface area contributed by atoms with E-state index in [0.29, 0.717) is 17.8 Å².